The maximum absolute atomic E-state index is 12.3. The summed E-state index contributed by atoms with van der Waals surface area (Å²) < 4.78 is 1.64. The van der Waals surface area contributed by atoms with Crippen molar-refractivity contribution in [1.29, 1.82) is 0 Å². The van der Waals surface area contributed by atoms with Crippen LogP contribution in [0.5, 0.6) is 0 Å². The highest BCUT2D eigenvalue weighted by molar-refractivity contribution is 6.31. The summed E-state index contributed by atoms with van der Waals surface area (Å²) in [7, 11) is 0. The number of nitrogens with one attached hydrogen (secondary N) is 2. The second kappa shape index (κ2) is 7.09. The van der Waals surface area contributed by atoms with Gasteiger partial charge in [0.15, 0.2) is 5.84 Å². The van der Waals surface area contributed by atoms with E-state index in [1.165, 1.54) is 0 Å². The van der Waals surface area contributed by atoms with E-state index >= 15 is 0 Å². The van der Waals surface area contributed by atoms with E-state index in [9.17, 15) is 4.79 Å². The van der Waals surface area contributed by atoms with Crippen LogP contribution < -0.4 is 10.9 Å². The summed E-state index contributed by atoms with van der Waals surface area (Å²) in [4.78, 5) is 16.7. The quantitative estimate of drug-likeness (QED) is 0.688. The molecule has 1 aliphatic heterocycles. The maximum atomic E-state index is 12.3. The van der Waals surface area contributed by atoms with Crippen molar-refractivity contribution < 1.29 is 4.79 Å². The van der Waals surface area contributed by atoms with Crippen LogP contribution in [0, 0.1) is 6.92 Å². The minimum Gasteiger partial charge on any atom is -0.281 e. The molecule has 1 amide bonds. The number of para-hydroxylation sites is 1. The van der Waals surface area contributed by atoms with E-state index < -0.39 is 0 Å². The van der Waals surface area contributed by atoms with Crippen LogP contribution in [0.3, 0.4) is 0 Å². The van der Waals surface area contributed by atoms with Crippen molar-refractivity contribution in [2.24, 2.45) is 4.99 Å². The minimum absolute atomic E-state index is 0.255. The number of hydrogen-bond acceptors (Lipinski definition) is 4. The van der Waals surface area contributed by atoms with E-state index in [2.05, 4.69) is 20.9 Å². The predicted molar refractivity (Wildman–Crippen MR) is 106 cm³/mol. The van der Waals surface area contributed by atoms with Gasteiger partial charge in [-0.2, -0.15) is 5.10 Å². The van der Waals surface area contributed by atoms with Gasteiger partial charge in [-0.05, 0) is 25.1 Å². The van der Waals surface area contributed by atoms with E-state index in [0.717, 1.165) is 11.3 Å². The molecule has 0 radical (unpaired) electrons. The van der Waals surface area contributed by atoms with Crippen LogP contribution in [0.25, 0.3) is 11.8 Å². The first kappa shape index (κ1) is 17.1. The van der Waals surface area contributed by atoms with Gasteiger partial charge < -0.3 is 0 Å². The predicted octanol–water partition coefficient (Wildman–Crippen LogP) is 3.26. The molecule has 0 saturated carbocycles. The molecule has 1 aliphatic rings. The number of nitrogens with zero attached hydrogens (tertiary/aromatic N) is 3. The average molecular weight is 378 g/mol. The van der Waals surface area contributed by atoms with Crippen molar-refractivity contribution in [3.63, 3.8) is 0 Å². The normalized spacial score (nSPS) is 15.3. The minimum atomic E-state index is -0.336. The Kier molecular flexibility index (Phi) is 4.48. The molecule has 0 spiro atoms. The third-order valence-electron chi connectivity index (χ3n) is 4.14. The van der Waals surface area contributed by atoms with Gasteiger partial charge in [0.1, 0.15) is 10.9 Å². The van der Waals surface area contributed by atoms with Crippen LogP contribution in [0.2, 0.25) is 5.15 Å². The first-order valence-electron chi connectivity index (χ1n) is 8.36. The molecule has 134 valence electrons. The van der Waals surface area contributed by atoms with Crippen molar-refractivity contribution >= 4 is 29.4 Å². The number of rotatable bonds is 3. The Balaban J connectivity index is 1.76. The number of hydrogen-bond donors (Lipinski definition) is 2. The van der Waals surface area contributed by atoms with E-state index in [1.807, 2.05) is 67.6 Å². The van der Waals surface area contributed by atoms with Crippen molar-refractivity contribution in [1.82, 2.24) is 20.6 Å². The SMILES string of the molecule is Cc1nn(-c2ccccc2)c(Cl)c1/C=C1\N=C(c2ccccc2)NNC1=O. The topological polar surface area (TPSA) is 71.3 Å². The highest BCUT2D eigenvalue weighted by atomic mass is 35.5. The maximum Gasteiger partial charge on any atom is 0.288 e. The number of amides is 1. The lowest BCUT2D eigenvalue weighted by Crippen LogP contribution is -2.46. The number of carbonyl (C=O) groups excluding carboxylic acids is 1. The number of carbonyl (C=O) groups is 1. The van der Waals surface area contributed by atoms with E-state index in [0.29, 0.717) is 22.2 Å². The second-order valence-corrected chi connectivity index (χ2v) is 6.33. The van der Waals surface area contributed by atoms with Crippen molar-refractivity contribution in [3.05, 3.63) is 88.3 Å². The Bertz CT molecular complexity index is 1050. The Morgan fingerprint density at radius 2 is 1.67 bits per heavy atom. The van der Waals surface area contributed by atoms with Gasteiger partial charge in [0.2, 0.25) is 0 Å². The highest BCUT2D eigenvalue weighted by Gasteiger charge is 2.20. The van der Waals surface area contributed by atoms with Crippen LogP contribution in [0.1, 0.15) is 16.8 Å². The van der Waals surface area contributed by atoms with Gasteiger partial charge in [0.05, 0.1) is 11.4 Å². The van der Waals surface area contributed by atoms with Gasteiger partial charge in [-0.15, -0.1) is 0 Å². The summed E-state index contributed by atoms with van der Waals surface area (Å²) in [6, 6.07) is 19.1. The molecule has 6 nitrogen and oxygen atoms in total. The van der Waals surface area contributed by atoms with Gasteiger partial charge >= 0.3 is 0 Å². The Hall–Kier alpha value is -3.38. The van der Waals surface area contributed by atoms with E-state index in [-0.39, 0.29) is 11.6 Å². The number of amidine groups is 1. The molecule has 0 saturated heterocycles. The molecule has 0 unspecified atom stereocenters. The van der Waals surface area contributed by atoms with Crippen LogP contribution in [-0.2, 0) is 4.79 Å². The number of aryl methyl sites for hydroxylation is 1. The molecule has 3 aromatic rings. The number of aliphatic imine (C=N–C) groups is 1. The van der Waals surface area contributed by atoms with Crippen LogP contribution >= 0.6 is 11.6 Å². The van der Waals surface area contributed by atoms with Crippen molar-refractivity contribution in [2.45, 2.75) is 6.92 Å². The van der Waals surface area contributed by atoms with Gasteiger partial charge in [0.25, 0.3) is 5.91 Å². The molecule has 2 aromatic carbocycles. The smallest absolute Gasteiger partial charge is 0.281 e. The molecule has 27 heavy (non-hydrogen) atoms. The number of aromatic nitrogens is 2. The van der Waals surface area contributed by atoms with Crippen molar-refractivity contribution in [2.75, 3.05) is 0 Å². The van der Waals surface area contributed by atoms with Crippen LogP contribution in [0.4, 0.5) is 0 Å². The average Bonchev–Trinajstić information content (AvgIpc) is 2.99. The number of hydrazine groups is 1. The Morgan fingerprint density at radius 3 is 2.37 bits per heavy atom. The lowest BCUT2D eigenvalue weighted by molar-refractivity contribution is -0.118. The summed E-state index contributed by atoms with van der Waals surface area (Å²) in [5.74, 6) is 0.225. The fraction of sp³-hybridized carbons (Fsp3) is 0.0500. The molecular weight excluding hydrogens is 362 g/mol. The van der Waals surface area contributed by atoms with Crippen LogP contribution in [0.15, 0.2) is 71.4 Å². The lowest BCUT2D eigenvalue weighted by Gasteiger charge is -2.17. The largest absolute Gasteiger partial charge is 0.288 e. The Labute approximate surface area is 161 Å². The fourth-order valence-corrected chi connectivity index (χ4v) is 3.09. The summed E-state index contributed by atoms with van der Waals surface area (Å²) in [6.45, 7) is 1.85. The lowest BCUT2D eigenvalue weighted by atomic mass is 10.2. The summed E-state index contributed by atoms with van der Waals surface area (Å²) >= 11 is 6.54. The summed E-state index contributed by atoms with van der Waals surface area (Å²) in [5, 5.41) is 4.92. The number of benzene rings is 2. The molecule has 2 N–H and O–H groups in total. The van der Waals surface area contributed by atoms with E-state index in [1.54, 1.807) is 10.8 Å². The van der Waals surface area contributed by atoms with Crippen LogP contribution in [-0.4, -0.2) is 21.5 Å². The van der Waals surface area contributed by atoms with Gasteiger partial charge in [-0.25, -0.2) is 9.67 Å². The molecular formula is C20H16ClN5O. The fourth-order valence-electron chi connectivity index (χ4n) is 2.76. The Morgan fingerprint density at radius 1 is 1.00 bits per heavy atom. The van der Waals surface area contributed by atoms with E-state index in [4.69, 9.17) is 11.6 Å². The molecule has 0 aliphatic carbocycles. The molecule has 1 aromatic heterocycles. The highest BCUT2D eigenvalue weighted by Crippen LogP contribution is 2.26. The molecule has 2 heterocycles. The standard InChI is InChI=1S/C20H16ClN5O/c1-13-16(18(21)26(25-13)15-10-6-3-7-11-15)12-17-20(27)24-23-19(22-17)14-8-4-2-5-9-14/h2-12H,1H3,(H,22,23)(H,24,27)/b17-12-. The third-order valence-corrected chi connectivity index (χ3v) is 4.50. The van der Waals surface area contributed by atoms with Gasteiger partial charge in [-0.3, -0.25) is 15.6 Å². The third kappa shape index (κ3) is 3.35. The molecule has 7 heteroatoms. The molecule has 0 fully saturated rings. The summed E-state index contributed by atoms with van der Waals surface area (Å²) in [5.41, 5.74) is 8.77. The molecule has 4 rings (SSSR count). The summed E-state index contributed by atoms with van der Waals surface area (Å²) in [6.07, 6.45) is 1.66. The molecule has 0 bridgehead atoms. The van der Waals surface area contributed by atoms with Gasteiger partial charge in [-0.1, -0.05) is 60.1 Å². The zero-order chi connectivity index (χ0) is 18.8. The zero-order valence-electron chi connectivity index (χ0n) is 14.5. The molecule has 0 atom stereocenters. The monoisotopic (exact) mass is 377 g/mol. The number of halogens is 1. The zero-order valence-corrected chi connectivity index (χ0v) is 15.2. The first-order chi connectivity index (χ1) is 13.1. The van der Waals surface area contributed by atoms with Gasteiger partial charge in [0, 0.05) is 11.1 Å². The van der Waals surface area contributed by atoms with Crippen molar-refractivity contribution in [3.8, 4) is 5.69 Å². The first-order valence-corrected chi connectivity index (χ1v) is 8.74. The second-order valence-electron chi connectivity index (χ2n) is 5.97.